The average Bonchev–Trinajstić information content (AvgIpc) is 3.27. The zero-order chi connectivity index (χ0) is 25.7. The van der Waals surface area contributed by atoms with Gasteiger partial charge in [-0.25, -0.2) is 0 Å². The topological polar surface area (TPSA) is 77.8 Å². The standard InChI is InChI=1S/C30H29NO5/c1-5-34-24-12-10-21(11-13-24)27-18-36-29-17-28(35-6-2)25(16-26(27)29)19(3)14-30(33)31-23-9-7-8-22(15-23)20(4)32/h7-18H,5-6H2,1-4H3,(H,31,33)/b19-14+. The van der Waals surface area contributed by atoms with Crippen LogP contribution in [0.1, 0.15) is 43.6 Å². The monoisotopic (exact) mass is 483 g/mol. The lowest BCUT2D eigenvalue weighted by Gasteiger charge is -2.12. The second-order valence-corrected chi connectivity index (χ2v) is 8.34. The number of rotatable bonds is 9. The molecule has 0 unspecified atom stereocenters. The highest BCUT2D eigenvalue weighted by molar-refractivity contribution is 6.06. The van der Waals surface area contributed by atoms with Crippen molar-refractivity contribution in [2.75, 3.05) is 18.5 Å². The smallest absolute Gasteiger partial charge is 0.248 e. The summed E-state index contributed by atoms with van der Waals surface area (Å²) in [5.74, 6) is 1.09. The van der Waals surface area contributed by atoms with Gasteiger partial charge in [0.15, 0.2) is 5.78 Å². The zero-order valence-corrected chi connectivity index (χ0v) is 20.9. The van der Waals surface area contributed by atoms with Crippen LogP contribution in [0.4, 0.5) is 5.69 Å². The van der Waals surface area contributed by atoms with Crippen molar-refractivity contribution in [2.45, 2.75) is 27.7 Å². The Morgan fingerprint density at radius 1 is 0.944 bits per heavy atom. The van der Waals surface area contributed by atoms with E-state index < -0.39 is 0 Å². The van der Waals surface area contributed by atoms with Gasteiger partial charge in [0.2, 0.25) is 5.91 Å². The van der Waals surface area contributed by atoms with E-state index in [1.165, 1.54) is 13.0 Å². The van der Waals surface area contributed by atoms with Crippen molar-refractivity contribution in [1.82, 2.24) is 0 Å². The summed E-state index contributed by atoms with van der Waals surface area (Å²) in [6.45, 7) is 8.31. The third-order valence-electron chi connectivity index (χ3n) is 5.76. The number of hydrogen-bond acceptors (Lipinski definition) is 5. The minimum atomic E-state index is -0.297. The molecule has 0 aliphatic rings. The maximum Gasteiger partial charge on any atom is 0.248 e. The predicted octanol–water partition coefficient (Wildman–Crippen LogP) is 7.14. The van der Waals surface area contributed by atoms with Gasteiger partial charge in [-0.2, -0.15) is 0 Å². The molecule has 1 heterocycles. The number of carbonyl (C=O) groups is 2. The molecule has 3 aromatic carbocycles. The Balaban J connectivity index is 1.68. The van der Waals surface area contributed by atoms with Crippen molar-refractivity contribution >= 4 is 33.9 Å². The van der Waals surface area contributed by atoms with Crippen LogP contribution in [0, 0.1) is 0 Å². The number of anilines is 1. The molecule has 0 radical (unpaired) electrons. The number of amides is 1. The summed E-state index contributed by atoms with van der Waals surface area (Å²) >= 11 is 0. The number of carbonyl (C=O) groups excluding carboxylic acids is 2. The summed E-state index contributed by atoms with van der Waals surface area (Å²) in [6, 6.07) is 18.6. The molecule has 0 atom stereocenters. The van der Waals surface area contributed by atoms with E-state index in [1.54, 1.807) is 30.5 Å². The van der Waals surface area contributed by atoms with E-state index >= 15 is 0 Å². The van der Waals surface area contributed by atoms with Gasteiger partial charge in [-0.1, -0.05) is 24.3 Å². The van der Waals surface area contributed by atoms with Crippen LogP contribution in [0.3, 0.4) is 0 Å². The van der Waals surface area contributed by atoms with Crippen LogP contribution < -0.4 is 14.8 Å². The fourth-order valence-electron chi connectivity index (χ4n) is 4.03. The van der Waals surface area contributed by atoms with Gasteiger partial charge < -0.3 is 19.2 Å². The summed E-state index contributed by atoms with van der Waals surface area (Å²) < 4.78 is 17.3. The number of nitrogens with one attached hydrogen (secondary N) is 1. The number of benzene rings is 3. The van der Waals surface area contributed by atoms with E-state index in [9.17, 15) is 9.59 Å². The molecule has 36 heavy (non-hydrogen) atoms. The Bertz CT molecular complexity index is 1430. The van der Waals surface area contributed by atoms with Crippen LogP contribution >= 0.6 is 0 Å². The van der Waals surface area contributed by atoms with Crippen LogP contribution in [-0.2, 0) is 4.79 Å². The van der Waals surface area contributed by atoms with Crippen molar-refractivity contribution in [3.63, 3.8) is 0 Å². The maximum atomic E-state index is 12.8. The first-order valence-corrected chi connectivity index (χ1v) is 11.9. The predicted molar refractivity (Wildman–Crippen MR) is 143 cm³/mol. The van der Waals surface area contributed by atoms with Crippen molar-refractivity contribution < 1.29 is 23.5 Å². The van der Waals surface area contributed by atoms with Crippen LogP contribution in [0.25, 0.3) is 27.7 Å². The van der Waals surface area contributed by atoms with Crippen LogP contribution in [0.15, 0.2) is 77.4 Å². The van der Waals surface area contributed by atoms with Gasteiger partial charge in [-0.15, -0.1) is 0 Å². The van der Waals surface area contributed by atoms with Gasteiger partial charge in [0, 0.05) is 39.9 Å². The highest BCUT2D eigenvalue weighted by Gasteiger charge is 2.16. The van der Waals surface area contributed by atoms with Crippen molar-refractivity contribution in [3.05, 3.63) is 84.1 Å². The van der Waals surface area contributed by atoms with Crippen LogP contribution in [0.5, 0.6) is 11.5 Å². The van der Waals surface area contributed by atoms with Gasteiger partial charge in [0.1, 0.15) is 17.1 Å². The van der Waals surface area contributed by atoms with E-state index in [4.69, 9.17) is 13.9 Å². The molecule has 0 aliphatic heterocycles. The lowest BCUT2D eigenvalue weighted by atomic mass is 9.99. The summed E-state index contributed by atoms with van der Waals surface area (Å²) in [4.78, 5) is 24.4. The molecule has 0 fully saturated rings. The molecule has 0 bridgehead atoms. The summed E-state index contributed by atoms with van der Waals surface area (Å²) in [5.41, 5.74) is 5.27. The highest BCUT2D eigenvalue weighted by Crippen LogP contribution is 2.38. The number of Topliss-reactive ketones (excluding diaryl/α,β-unsaturated/α-hetero) is 1. The first-order chi connectivity index (χ1) is 17.4. The molecule has 6 heteroatoms. The van der Waals surface area contributed by atoms with Gasteiger partial charge in [0.05, 0.1) is 19.5 Å². The van der Waals surface area contributed by atoms with Gasteiger partial charge in [-0.05, 0) is 69.2 Å². The number of ketones is 1. The quantitative estimate of drug-likeness (QED) is 0.202. The summed E-state index contributed by atoms with van der Waals surface area (Å²) in [5, 5.41) is 3.75. The Kier molecular flexibility index (Phi) is 7.54. The number of furan rings is 1. The van der Waals surface area contributed by atoms with E-state index in [1.807, 2.05) is 57.2 Å². The molecule has 0 aliphatic carbocycles. The Morgan fingerprint density at radius 2 is 1.69 bits per heavy atom. The van der Waals surface area contributed by atoms with Crippen molar-refractivity contribution in [3.8, 4) is 22.6 Å². The first-order valence-electron chi connectivity index (χ1n) is 11.9. The van der Waals surface area contributed by atoms with Crippen LogP contribution in [-0.4, -0.2) is 24.9 Å². The molecule has 1 N–H and O–H groups in total. The summed E-state index contributed by atoms with van der Waals surface area (Å²) in [7, 11) is 0. The maximum absolute atomic E-state index is 12.8. The SMILES string of the molecule is CCOc1ccc(-c2coc3cc(OCC)c(/C(C)=C/C(=O)Nc4cccc(C(C)=O)c4)cc23)cc1. The van der Waals surface area contributed by atoms with Crippen molar-refractivity contribution in [2.24, 2.45) is 0 Å². The second kappa shape index (κ2) is 11.0. The molecule has 6 nitrogen and oxygen atoms in total. The normalized spacial score (nSPS) is 11.4. The fourth-order valence-corrected chi connectivity index (χ4v) is 4.03. The van der Waals surface area contributed by atoms with Gasteiger partial charge in [0.25, 0.3) is 0 Å². The van der Waals surface area contributed by atoms with Gasteiger partial charge >= 0.3 is 0 Å². The van der Waals surface area contributed by atoms with E-state index in [2.05, 4.69) is 5.32 Å². The van der Waals surface area contributed by atoms with Crippen molar-refractivity contribution in [1.29, 1.82) is 0 Å². The molecule has 1 amide bonds. The molecule has 1 aromatic heterocycles. The Labute approximate surface area is 210 Å². The van der Waals surface area contributed by atoms with Crippen LogP contribution in [0.2, 0.25) is 0 Å². The summed E-state index contributed by atoms with van der Waals surface area (Å²) in [6.07, 6.45) is 3.26. The molecule has 4 rings (SSSR count). The second-order valence-electron chi connectivity index (χ2n) is 8.34. The minimum absolute atomic E-state index is 0.0593. The van der Waals surface area contributed by atoms with Gasteiger partial charge in [-0.3, -0.25) is 9.59 Å². The Hall–Kier alpha value is -4.32. The molecule has 4 aromatic rings. The third kappa shape index (κ3) is 5.49. The minimum Gasteiger partial charge on any atom is -0.494 e. The average molecular weight is 484 g/mol. The number of allylic oxidation sites excluding steroid dienone is 1. The number of fused-ring (bicyclic) bond motifs is 1. The number of ether oxygens (including phenoxy) is 2. The van der Waals surface area contributed by atoms with E-state index in [0.29, 0.717) is 35.8 Å². The largest absolute Gasteiger partial charge is 0.494 e. The molecular weight excluding hydrogens is 454 g/mol. The lowest BCUT2D eigenvalue weighted by molar-refractivity contribution is -0.111. The highest BCUT2D eigenvalue weighted by atomic mass is 16.5. The first kappa shape index (κ1) is 24.8. The third-order valence-corrected chi connectivity index (χ3v) is 5.76. The number of hydrogen-bond donors (Lipinski definition) is 1. The van der Waals surface area contributed by atoms with E-state index in [-0.39, 0.29) is 11.7 Å². The fraction of sp³-hybridized carbons (Fsp3) is 0.200. The molecule has 0 saturated carbocycles. The van der Waals surface area contributed by atoms with E-state index in [0.717, 1.165) is 33.4 Å². The Morgan fingerprint density at radius 3 is 2.39 bits per heavy atom. The lowest BCUT2D eigenvalue weighted by Crippen LogP contribution is -2.09. The molecule has 0 saturated heterocycles. The molecule has 0 spiro atoms. The molecular formula is C30H29NO5. The zero-order valence-electron chi connectivity index (χ0n) is 20.9. The molecule has 184 valence electrons.